The van der Waals surface area contributed by atoms with Crippen molar-refractivity contribution in [1.29, 1.82) is 0 Å². The molecule has 1 N–H and O–H groups in total. The molecule has 2 rings (SSSR count). The first-order valence-corrected chi connectivity index (χ1v) is 6.50. The van der Waals surface area contributed by atoms with Gasteiger partial charge in [-0.25, -0.2) is 4.98 Å². The Kier molecular flexibility index (Phi) is 4.52. The van der Waals surface area contributed by atoms with Crippen molar-refractivity contribution in [3.63, 3.8) is 0 Å². The number of hydrogen-bond acceptors (Lipinski definition) is 3. The largest absolute Gasteiger partial charge is 0.352 e. The van der Waals surface area contributed by atoms with Crippen molar-refractivity contribution in [3.8, 4) is 0 Å². The van der Waals surface area contributed by atoms with Gasteiger partial charge in [0.15, 0.2) is 5.82 Å². The summed E-state index contributed by atoms with van der Waals surface area (Å²) in [5.74, 6) is 1.07. The minimum atomic E-state index is -0.1000. The summed E-state index contributed by atoms with van der Waals surface area (Å²) < 4.78 is 1.64. The van der Waals surface area contributed by atoms with Gasteiger partial charge in [-0.1, -0.05) is 12.1 Å². The molecule has 0 atom stereocenters. The van der Waals surface area contributed by atoms with Gasteiger partial charge >= 0.3 is 0 Å². The molecular weight excluding hydrogens is 264 g/mol. The summed E-state index contributed by atoms with van der Waals surface area (Å²) >= 11 is 5.70. The fraction of sp³-hybridized carbons (Fsp3) is 0.308. The molecule has 5 nitrogen and oxygen atoms in total. The summed E-state index contributed by atoms with van der Waals surface area (Å²) in [6.07, 6.45) is 2.26. The van der Waals surface area contributed by atoms with Crippen molar-refractivity contribution in [1.82, 2.24) is 20.1 Å². The standard InChI is InChI=1S/C13H15ClN4O/c1-18-9-16-12(17-18)6-7-15-13(19)11-4-2-10(8-14)3-5-11/h2-5,9H,6-8H2,1H3,(H,15,19). The highest BCUT2D eigenvalue weighted by Crippen LogP contribution is 2.06. The van der Waals surface area contributed by atoms with Crippen LogP contribution >= 0.6 is 11.6 Å². The summed E-state index contributed by atoms with van der Waals surface area (Å²) in [6, 6.07) is 7.24. The third kappa shape index (κ3) is 3.79. The van der Waals surface area contributed by atoms with Gasteiger partial charge < -0.3 is 5.32 Å². The Morgan fingerprint density at radius 3 is 2.68 bits per heavy atom. The summed E-state index contributed by atoms with van der Waals surface area (Å²) in [4.78, 5) is 15.9. The Morgan fingerprint density at radius 1 is 1.37 bits per heavy atom. The summed E-state index contributed by atoms with van der Waals surface area (Å²) in [5, 5.41) is 6.98. The van der Waals surface area contributed by atoms with Gasteiger partial charge in [0.2, 0.25) is 0 Å². The number of amides is 1. The van der Waals surface area contributed by atoms with Crippen LogP contribution in [-0.2, 0) is 19.3 Å². The third-order valence-corrected chi connectivity index (χ3v) is 2.96. The Balaban J connectivity index is 1.83. The second kappa shape index (κ2) is 6.33. The molecule has 0 radical (unpaired) electrons. The van der Waals surface area contributed by atoms with E-state index in [1.165, 1.54) is 0 Å². The number of aromatic nitrogens is 3. The molecule has 6 heteroatoms. The lowest BCUT2D eigenvalue weighted by atomic mass is 10.1. The molecule has 0 unspecified atom stereocenters. The molecule has 0 aliphatic rings. The Morgan fingerprint density at radius 2 is 2.11 bits per heavy atom. The first kappa shape index (κ1) is 13.5. The first-order valence-electron chi connectivity index (χ1n) is 5.96. The van der Waals surface area contributed by atoms with Gasteiger partial charge in [0.1, 0.15) is 6.33 Å². The molecule has 0 saturated carbocycles. The average molecular weight is 279 g/mol. The number of benzene rings is 1. The first-order chi connectivity index (χ1) is 9.19. The van der Waals surface area contributed by atoms with E-state index in [0.717, 1.165) is 11.4 Å². The van der Waals surface area contributed by atoms with Crippen LogP contribution in [0.5, 0.6) is 0 Å². The molecule has 0 saturated heterocycles. The van der Waals surface area contributed by atoms with Crippen molar-refractivity contribution in [2.24, 2.45) is 7.05 Å². The molecule has 1 amide bonds. The molecule has 0 fully saturated rings. The normalized spacial score (nSPS) is 10.4. The van der Waals surface area contributed by atoms with Crippen LogP contribution in [0.25, 0.3) is 0 Å². The number of nitrogens with one attached hydrogen (secondary N) is 1. The van der Waals surface area contributed by atoms with E-state index >= 15 is 0 Å². The van der Waals surface area contributed by atoms with Crippen LogP contribution in [0.2, 0.25) is 0 Å². The van der Waals surface area contributed by atoms with E-state index in [1.54, 1.807) is 23.1 Å². The maximum atomic E-state index is 11.8. The van der Waals surface area contributed by atoms with Crippen molar-refractivity contribution < 1.29 is 4.79 Å². The fourth-order valence-electron chi connectivity index (χ4n) is 1.63. The lowest BCUT2D eigenvalue weighted by Gasteiger charge is -2.04. The smallest absolute Gasteiger partial charge is 0.251 e. The van der Waals surface area contributed by atoms with E-state index < -0.39 is 0 Å². The lowest BCUT2D eigenvalue weighted by Crippen LogP contribution is -2.25. The number of alkyl halides is 1. The maximum Gasteiger partial charge on any atom is 0.251 e. The molecule has 0 spiro atoms. The topological polar surface area (TPSA) is 59.8 Å². The molecule has 1 aromatic carbocycles. The van der Waals surface area contributed by atoms with E-state index in [-0.39, 0.29) is 5.91 Å². The molecule has 1 heterocycles. The molecule has 0 bridgehead atoms. The highest BCUT2D eigenvalue weighted by Gasteiger charge is 2.05. The molecule has 19 heavy (non-hydrogen) atoms. The van der Waals surface area contributed by atoms with Crippen molar-refractivity contribution >= 4 is 17.5 Å². The molecule has 2 aromatic rings. The predicted molar refractivity (Wildman–Crippen MR) is 73.0 cm³/mol. The molecule has 0 aliphatic heterocycles. The van der Waals surface area contributed by atoms with Crippen LogP contribution in [0.15, 0.2) is 30.6 Å². The Labute approximate surface area is 116 Å². The van der Waals surface area contributed by atoms with Gasteiger partial charge in [0.05, 0.1) is 0 Å². The Bertz CT molecular complexity index is 550. The van der Waals surface area contributed by atoms with Crippen molar-refractivity contribution in [3.05, 3.63) is 47.5 Å². The molecular formula is C13H15ClN4O. The van der Waals surface area contributed by atoms with E-state index in [1.807, 2.05) is 19.2 Å². The number of rotatable bonds is 5. The summed E-state index contributed by atoms with van der Waals surface area (Å²) in [6.45, 7) is 0.514. The predicted octanol–water partition coefficient (Wildman–Crippen LogP) is 1.53. The van der Waals surface area contributed by atoms with Gasteiger partial charge in [0, 0.05) is 31.5 Å². The molecule has 0 aliphatic carbocycles. The number of nitrogens with zero attached hydrogens (tertiary/aromatic N) is 3. The van der Waals surface area contributed by atoms with Crippen LogP contribution in [0.1, 0.15) is 21.7 Å². The van der Waals surface area contributed by atoms with Crippen molar-refractivity contribution in [2.45, 2.75) is 12.3 Å². The van der Waals surface area contributed by atoms with Crippen LogP contribution in [0.4, 0.5) is 0 Å². The average Bonchev–Trinajstić information content (AvgIpc) is 2.84. The zero-order chi connectivity index (χ0) is 13.7. The van der Waals surface area contributed by atoms with Crippen LogP contribution in [-0.4, -0.2) is 27.2 Å². The van der Waals surface area contributed by atoms with E-state index in [2.05, 4.69) is 15.4 Å². The number of carbonyl (C=O) groups excluding carboxylic acids is 1. The minimum absolute atomic E-state index is 0.1000. The quantitative estimate of drug-likeness (QED) is 0.844. The maximum absolute atomic E-state index is 11.8. The molecule has 100 valence electrons. The van der Waals surface area contributed by atoms with Crippen LogP contribution in [0, 0.1) is 0 Å². The van der Waals surface area contributed by atoms with Crippen molar-refractivity contribution in [2.75, 3.05) is 6.54 Å². The fourth-order valence-corrected chi connectivity index (χ4v) is 1.81. The number of hydrogen-bond donors (Lipinski definition) is 1. The number of halogens is 1. The van der Waals surface area contributed by atoms with Crippen LogP contribution in [0.3, 0.4) is 0 Å². The number of aryl methyl sites for hydroxylation is 1. The van der Waals surface area contributed by atoms with Gasteiger partial charge in [-0.15, -0.1) is 11.6 Å². The Hall–Kier alpha value is -1.88. The highest BCUT2D eigenvalue weighted by atomic mass is 35.5. The van der Waals surface area contributed by atoms with Gasteiger partial charge in [-0.3, -0.25) is 9.48 Å². The summed E-state index contributed by atoms with van der Waals surface area (Å²) in [5.41, 5.74) is 1.62. The minimum Gasteiger partial charge on any atom is -0.352 e. The monoisotopic (exact) mass is 278 g/mol. The highest BCUT2D eigenvalue weighted by molar-refractivity contribution is 6.17. The molecule has 1 aromatic heterocycles. The second-order valence-corrected chi connectivity index (χ2v) is 4.44. The van der Waals surface area contributed by atoms with Gasteiger partial charge in [0.25, 0.3) is 5.91 Å². The second-order valence-electron chi connectivity index (χ2n) is 4.17. The zero-order valence-corrected chi connectivity index (χ0v) is 11.4. The zero-order valence-electron chi connectivity index (χ0n) is 10.6. The third-order valence-electron chi connectivity index (χ3n) is 2.65. The summed E-state index contributed by atoms with van der Waals surface area (Å²) in [7, 11) is 1.81. The van der Waals surface area contributed by atoms with Gasteiger partial charge in [-0.2, -0.15) is 5.10 Å². The van der Waals surface area contributed by atoms with Gasteiger partial charge in [-0.05, 0) is 17.7 Å². The van der Waals surface area contributed by atoms with E-state index in [9.17, 15) is 4.79 Å². The number of carbonyl (C=O) groups is 1. The lowest BCUT2D eigenvalue weighted by molar-refractivity contribution is 0.0954. The SMILES string of the molecule is Cn1cnc(CCNC(=O)c2ccc(CCl)cc2)n1. The van der Waals surface area contributed by atoms with E-state index in [4.69, 9.17) is 11.6 Å². The van der Waals surface area contributed by atoms with Crippen LogP contribution < -0.4 is 5.32 Å². The van der Waals surface area contributed by atoms with E-state index in [0.29, 0.717) is 24.4 Å².